The van der Waals surface area contributed by atoms with E-state index in [1.165, 1.54) is 0 Å². The van der Waals surface area contributed by atoms with E-state index in [0.29, 0.717) is 30.8 Å². The van der Waals surface area contributed by atoms with Gasteiger partial charge in [0.05, 0.1) is 19.1 Å². The predicted octanol–water partition coefficient (Wildman–Crippen LogP) is 5.15. The van der Waals surface area contributed by atoms with E-state index in [-0.39, 0.29) is 29.3 Å². The first kappa shape index (κ1) is 24.2. The van der Waals surface area contributed by atoms with E-state index in [0.717, 1.165) is 57.8 Å². The number of rotatable bonds is 9. The number of hydrogen-bond acceptors (Lipinski definition) is 8. The Morgan fingerprint density at radius 1 is 1.00 bits per heavy atom. The van der Waals surface area contributed by atoms with E-state index in [2.05, 4.69) is 16.3 Å². The third-order valence-electron chi connectivity index (χ3n) is 8.09. The summed E-state index contributed by atoms with van der Waals surface area (Å²) in [5.74, 6) is -0.299. The fourth-order valence-corrected chi connectivity index (χ4v) is 7.46. The number of hydrogen-bond donors (Lipinski definition) is 1. The Morgan fingerprint density at radius 3 is 2.12 bits per heavy atom. The predicted molar refractivity (Wildman–Crippen MR) is 110 cm³/mol. The molecule has 0 aromatic rings. The molecule has 0 aliphatic heterocycles. The second-order valence-electron chi connectivity index (χ2n) is 10.8. The van der Waals surface area contributed by atoms with Crippen molar-refractivity contribution in [2.45, 2.75) is 76.4 Å². The van der Waals surface area contributed by atoms with Crippen LogP contribution in [-0.2, 0) is 28.4 Å². The molecule has 0 aromatic carbocycles. The largest absolute Gasteiger partial charge is 0.465 e. The van der Waals surface area contributed by atoms with Gasteiger partial charge in [-0.2, -0.15) is 8.78 Å². The van der Waals surface area contributed by atoms with Crippen molar-refractivity contribution in [3.05, 3.63) is 0 Å². The summed E-state index contributed by atoms with van der Waals surface area (Å²) >= 11 is -0.610. The summed E-state index contributed by atoms with van der Waals surface area (Å²) in [6.45, 7) is 2.49. The highest BCUT2D eigenvalue weighted by Crippen LogP contribution is 2.65. The summed E-state index contributed by atoms with van der Waals surface area (Å²) in [6.07, 6.45) is 9.31. The molecule has 7 nitrogen and oxygen atoms in total. The monoisotopic (exact) mass is 478 g/mol. The Balaban J connectivity index is 1.35. The fraction of sp³-hybridized carbons (Fsp3) is 0.909. The topological polar surface area (TPSA) is 91.3 Å². The van der Waals surface area contributed by atoms with E-state index in [4.69, 9.17) is 14.7 Å². The van der Waals surface area contributed by atoms with Gasteiger partial charge in [-0.3, -0.25) is 4.79 Å². The number of alkyl halides is 2. The van der Waals surface area contributed by atoms with Gasteiger partial charge in [-0.15, -0.1) is 4.33 Å². The standard InChI is InChI=1S/C22H32F2O7S/c1-14-2-4-17(5-3-14)18(25)28-12-20-7-15-6-16(8-20)10-21(9-15,11-20)13-29-19(26)22(23,24)32-31-30-27/h14-17,27H,2-13H2,1H3. The van der Waals surface area contributed by atoms with Gasteiger partial charge in [0, 0.05) is 10.8 Å². The first-order valence-corrected chi connectivity index (χ1v) is 12.3. The van der Waals surface area contributed by atoms with E-state index in [1.54, 1.807) is 0 Å². The van der Waals surface area contributed by atoms with Crippen LogP contribution in [0.2, 0.25) is 0 Å². The summed E-state index contributed by atoms with van der Waals surface area (Å²) in [4.78, 5) is 24.5. The summed E-state index contributed by atoms with van der Waals surface area (Å²) < 4.78 is 42.1. The molecule has 0 radical (unpaired) electrons. The van der Waals surface area contributed by atoms with E-state index in [9.17, 15) is 18.4 Å². The maximum Gasteiger partial charge on any atom is 0.415 e. The molecule has 5 aliphatic carbocycles. The van der Waals surface area contributed by atoms with Crippen LogP contribution in [0.15, 0.2) is 0 Å². The highest BCUT2D eigenvalue weighted by atomic mass is 32.2. The smallest absolute Gasteiger partial charge is 0.415 e. The molecule has 5 aliphatic rings. The lowest BCUT2D eigenvalue weighted by Gasteiger charge is -2.61. The minimum atomic E-state index is -3.99. The average molecular weight is 479 g/mol. The van der Waals surface area contributed by atoms with Crippen molar-refractivity contribution in [3.63, 3.8) is 0 Å². The maximum atomic E-state index is 13.8. The van der Waals surface area contributed by atoms with Gasteiger partial charge >= 0.3 is 17.2 Å². The van der Waals surface area contributed by atoms with Gasteiger partial charge in [-0.1, -0.05) is 12.0 Å². The SMILES string of the molecule is CC1CCC(C(=O)OCC23CC4CC(C2)CC(COC(=O)C(F)(F)SOOO)(C4)C3)CC1. The maximum absolute atomic E-state index is 13.8. The Bertz CT molecular complexity index is 696. The van der Waals surface area contributed by atoms with E-state index in [1.807, 2.05) is 0 Å². The molecule has 2 atom stereocenters. The van der Waals surface area contributed by atoms with Gasteiger partial charge in [0.1, 0.15) is 12.0 Å². The van der Waals surface area contributed by atoms with Gasteiger partial charge in [0.2, 0.25) is 0 Å². The van der Waals surface area contributed by atoms with E-state index >= 15 is 0 Å². The Kier molecular flexibility index (Phi) is 7.06. The highest BCUT2D eigenvalue weighted by Gasteiger charge is 2.59. The fourth-order valence-electron chi connectivity index (χ4n) is 7.22. The molecule has 5 fully saturated rings. The molecule has 182 valence electrons. The highest BCUT2D eigenvalue weighted by molar-refractivity contribution is 7.96. The van der Waals surface area contributed by atoms with Gasteiger partial charge in [-0.25, -0.2) is 10.1 Å². The molecule has 5 rings (SSSR count). The molecule has 0 spiro atoms. The minimum Gasteiger partial charge on any atom is -0.465 e. The van der Waals surface area contributed by atoms with Crippen LogP contribution < -0.4 is 0 Å². The zero-order valence-electron chi connectivity index (χ0n) is 18.4. The third-order valence-corrected chi connectivity index (χ3v) is 8.59. The molecule has 1 N–H and O–H groups in total. The number of halogens is 2. The van der Waals surface area contributed by atoms with Crippen LogP contribution in [0.5, 0.6) is 0 Å². The summed E-state index contributed by atoms with van der Waals surface area (Å²) in [5.41, 5.74) is -0.513. The van der Waals surface area contributed by atoms with Crippen molar-refractivity contribution in [2.24, 2.45) is 34.5 Å². The first-order valence-electron chi connectivity index (χ1n) is 11.5. The number of ether oxygens (including phenoxy) is 2. The van der Waals surface area contributed by atoms with Crippen LogP contribution in [0.25, 0.3) is 0 Å². The average Bonchev–Trinajstić information content (AvgIpc) is 2.74. The van der Waals surface area contributed by atoms with Crippen molar-refractivity contribution in [3.8, 4) is 0 Å². The van der Waals surface area contributed by atoms with Gasteiger partial charge < -0.3 is 9.47 Å². The Labute approximate surface area is 190 Å². The zero-order valence-corrected chi connectivity index (χ0v) is 19.2. The Hall–Kier alpha value is -0.970. The normalized spacial score (nSPS) is 38.5. The molecule has 5 saturated carbocycles. The summed E-state index contributed by atoms with van der Waals surface area (Å²) in [5, 5.41) is 7.20. The number of carbonyl (C=O) groups is 2. The number of carbonyl (C=O) groups excluding carboxylic acids is 2. The van der Waals surface area contributed by atoms with Crippen LogP contribution in [0.3, 0.4) is 0 Å². The lowest BCUT2D eigenvalue weighted by Crippen LogP contribution is -2.55. The van der Waals surface area contributed by atoms with Crippen molar-refractivity contribution < 1.29 is 42.5 Å². The number of esters is 2. The third kappa shape index (κ3) is 5.23. The molecule has 32 heavy (non-hydrogen) atoms. The first-order chi connectivity index (χ1) is 15.1. The summed E-state index contributed by atoms with van der Waals surface area (Å²) in [7, 11) is 0. The van der Waals surface area contributed by atoms with Crippen molar-refractivity contribution >= 4 is 24.0 Å². The molecule has 0 amide bonds. The molecule has 4 bridgehead atoms. The second-order valence-corrected chi connectivity index (χ2v) is 11.7. The Morgan fingerprint density at radius 2 is 1.56 bits per heavy atom. The van der Waals surface area contributed by atoms with Crippen molar-refractivity contribution in [2.75, 3.05) is 13.2 Å². The van der Waals surface area contributed by atoms with Crippen LogP contribution in [0.4, 0.5) is 8.78 Å². The second kappa shape index (κ2) is 9.35. The van der Waals surface area contributed by atoms with Crippen LogP contribution >= 0.6 is 12.0 Å². The van der Waals surface area contributed by atoms with Gasteiger partial charge in [0.25, 0.3) is 0 Å². The van der Waals surface area contributed by atoms with Crippen molar-refractivity contribution in [1.82, 2.24) is 0 Å². The molecule has 0 heterocycles. The molecule has 10 heteroatoms. The lowest BCUT2D eigenvalue weighted by molar-refractivity contribution is -0.433. The molecule has 0 saturated heterocycles. The minimum absolute atomic E-state index is 0.0140. The van der Waals surface area contributed by atoms with Crippen LogP contribution in [0.1, 0.15) is 71.1 Å². The molecule has 0 aromatic heterocycles. The zero-order chi connectivity index (χ0) is 23.0. The van der Waals surface area contributed by atoms with Gasteiger partial charge in [-0.05, 0) is 82.0 Å². The molecular formula is C22H32F2O7S. The quantitative estimate of drug-likeness (QED) is 0.211. The molecular weight excluding hydrogens is 446 g/mol. The van der Waals surface area contributed by atoms with Crippen molar-refractivity contribution in [1.29, 1.82) is 0 Å². The summed E-state index contributed by atoms with van der Waals surface area (Å²) in [6, 6.07) is 0. The van der Waals surface area contributed by atoms with Gasteiger partial charge in [0.15, 0.2) is 0 Å². The van der Waals surface area contributed by atoms with Crippen LogP contribution in [-0.4, -0.2) is 35.7 Å². The van der Waals surface area contributed by atoms with Crippen LogP contribution in [0, 0.1) is 34.5 Å². The lowest BCUT2D eigenvalue weighted by atomic mass is 9.44. The molecule has 2 unspecified atom stereocenters. The van der Waals surface area contributed by atoms with E-state index < -0.39 is 23.3 Å².